The fourth-order valence-electron chi connectivity index (χ4n) is 3.97. The molecule has 0 aromatic carbocycles. The van der Waals surface area contributed by atoms with E-state index < -0.39 is 35.6 Å². The number of aromatic nitrogens is 2. The number of nitrogens with one attached hydrogen (secondary N) is 2. The molecule has 6 unspecified atom stereocenters. The maximum Gasteiger partial charge on any atom is 0.272 e. The Hall–Kier alpha value is -1.53. The number of nitrogens with zero attached hydrogens (tertiary/aromatic N) is 3. The second kappa shape index (κ2) is 11.2. The predicted octanol–water partition coefficient (Wildman–Crippen LogP) is 3.71. The van der Waals surface area contributed by atoms with Crippen LogP contribution in [0.25, 0.3) is 0 Å². The zero-order valence-corrected chi connectivity index (χ0v) is 21.5. The number of halogens is 5. The lowest BCUT2D eigenvalue weighted by atomic mass is 9.74. The topological polar surface area (TPSA) is 110 Å². The molecule has 0 spiro atoms. The van der Waals surface area contributed by atoms with Gasteiger partial charge in [0.1, 0.15) is 12.2 Å². The average molecular weight is 541 g/mol. The van der Waals surface area contributed by atoms with E-state index in [0.717, 1.165) is 4.68 Å². The molecule has 1 saturated heterocycles. The zero-order valence-electron chi connectivity index (χ0n) is 19.9. The average Bonchev–Trinajstić information content (AvgIpc) is 3.08. The Balaban J connectivity index is 1.68. The van der Waals surface area contributed by atoms with Crippen molar-refractivity contribution >= 4 is 34.8 Å². The Morgan fingerprint density at radius 1 is 1.51 bits per heavy atom. The first kappa shape index (κ1) is 28.0. The molecule has 1 saturated carbocycles. The van der Waals surface area contributed by atoms with Crippen LogP contribution in [-0.4, -0.2) is 71.4 Å². The van der Waals surface area contributed by atoms with Crippen molar-refractivity contribution in [3.05, 3.63) is 22.5 Å². The number of aliphatic hydroxyl groups is 1. The van der Waals surface area contributed by atoms with Gasteiger partial charge in [0.05, 0.1) is 43.8 Å². The van der Waals surface area contributed by atoms with E-state index in [-0.39, 0.29) is 49.0 Å². The molecule has 2 fully saturated rings. The third kappa shape index (κ3) is 6.43. The van der Waals surface area contributed by atoms with Gasteiger partial charge in [0.15, 0.2) is 11.1 Å². The Bertz CT molecular complexity index is 946. The molecule has 13 heteroatoms. The standard InChI is InChI=1S/C22H33Cl2F3N6O2/c1-4-5-17(23)21(3,12(2)13(25)7-29-15-9-35-10-16(15)34)11-30-20(28)32-14-8-31-33(19(14)24)18-6-22(18,26)27/h5,8,12-13,15-16,18,29,34H,4,6-7,9-11H2,1-3H3,(H3,28,30,32)/b17-5+. The van der Waals surface area contributed by atoms with E-state index in [1.807, 2.05) is 19.9 Å². The van der Waals surface area contributed by atoms with E-state index in [4.69, 9.17) is 33.7 Å². The number of rotatable bonds is 11. The molecule has 1 aromatic heterocycles. The second-order valence-corrected chi connectivity index (χ2v) is 10.2. The van der Waals surface area contributed by atoms with Crippen LogP contribution in [0.1, 0.15) is 39.7 Å². The van der Waals surface area contributed by atoms with Crippen LogP contribution in [0.4, 0.5) is 18.9 Å². The summed E-state index contributed by atoms with van der Waals surface area (Å²) in [5, 5.41) is 20.0. The summed E-state index contributed by atoms with van der Waals surface area (Å²) in [4.78, 5) is 4.35. The van der Waals surface area contributed by atoms with Gasteiger partial charge in [0, 0.05) is 29.3 Å². The monoisotopic (exact) mass is 540 g/mol. The highest BCUT2D eigenvalue weighted by Gasteiger charge is 2.59. The first-order valence-corrected chi connectivity index (χ1v) is 12.3. The molecular formula is C22H33Cl2F3N6O2. The lowest BCUT2D eigenvalue weighted by molar-refractivity contribution is 0.0984. The van der Waals surface area contributed by atoms with Gasteiger partial charge in [-0.2, -0.15) is 5.10 Å². The normalized spacial score (nSPS) is 28.0. The molecule has 1 aliphatic heterocycles. The van der Waals surface area contributed by atoms with Gasteiger partial charge >= 0.3 is 0 Å². The molecule has 3 rings (SSSR count). The van der Waals surface area contributed by atoms with Crippen molar-refractivity contribution in [2.24, 2.45) is 22.1 Å². The van der Waals surface area contributed by atoms with Crippen LogP contribution >= 0.6 is 23.2 Å². The molecule has 1 aliphatic carbocycles. The highest BCUT2D eigenvalue weighted by molar-refractivity contribution is 6.32. The van der Waals surface area contributed by atoms with Crippen molar-refractivity contribution in [1.82, 2.24) is 15.1 Å². The van der Waals surface area contributed by atoms with E-state index >= 15 is 4.39 Å². The molecule has 1 aromatic rings. The van der Waals surface area contributed by atoms with Crippen LogP contribution in [-0.2, 0) is 4.74 Å². The molecular weight excluding hydrogens is 508 g/mol. The van der Waals surface area contributed by atoms with Crippen LogP contribution in [0.2, 0.25) is 5.15 Å². The lowest BCUT2D eigenvalue weighted by Crippen LogP contribution is -2.46. The number of hydrogen-bond acceptors (Lipinski definition) is 5. The minimum Gasteiger partial charge on any atom is -0.389 e. The fourth-order valence-corrected chi connectivity index (χ4v) is 4.61. The van der Waals surface area contributed by atoms with Crippen molar-refractivity contribution in [1.29, 1.82) is 0 Å². The van der Waals surface area contributed by atoms with Gasteiger partial charge in [0.25, 0.3) is 5.92 Å². The molecule has 6 atom stereocenters. The Morgan fingerprint density at radius 2 is 2.20 bits per heavy atom. The van der Waals surface area contributed by atoms with Gasteiger partial charge in [-0.1, -0.05) is 50.0 Å². The summed E-state index contributed by atoms with van der Waals surface area (Å²) in [5.74, 6) is -3.43. The molecule has 5 N–H and O–H groups in total. The van der Waals surface area contributed by atoms with E-state index in [9.17, 15) is 13.9 Å². The third-order valence-electron chi connectivity index (χ3n) is 6.77. The second-order valence-electron chi connectivity index (χ2n) is 9.40. The van der Waals surface area contributed by atoms with Crippen molar-refractivity contribution in [2.45, 2.75) is 63.9 Å². The Morgan fingerprint density at radius 3 is 2.77 bits per heavy atom. The summed E-state index contributed by atoms with van der Waals surface area (Å²) in [6.07, 6.45) is 1.47. The molecule has 0 bridgehead atoms. The van der Waals surface area contributed by atoms with Gasteiger partial charge in [-0.15, -0.1) is 0 Å². The van der Waals surface area contributed by atoms with Gasteiger partial charge in [-0.25, -0.2) is 17.9 Å². The number of hydrogen-bond donors (Lipinski definition) is 4. The van der Waals surface area contributed by atoms with E-state index in [2.05, 4.69) is 20.7 Å². The van der Waals surface area contributed by atoms with Crippen molar-refractivity contribution < 1.29 is 23.0 Å². The largest absolute Gasteiger partial charge is 0.389 e. The summed E-state index contributed by atoms with van der Waals surface area (Å²) in [6.45, 7) is 6.09. The number of nitrogens with two attached hydrogens (primary N) is 1. The summed E-state index contributed by atoms with van der Waals surface area (Å²) >= 11 is 12.8. The van der Waals surface area contributed by atoms with Gasteiger partial charge in [0.2, 0.25) is 0 Å². The minimum absolute atomic E-state index is 0.00153. The van der Waals surface area contributed by atoms with Crippen LogP contribution < -0.4 is 16.4 Å². The van der Waals surface area contributed by atoms with Crippen molar-refractivity contribution in [3.8, 4) is 0 Å². The number of ether oxygens (including phenoxy) is 1. The number of alkyl halides is 3. The molecule has 2 heterocycles. The molecule has 2 aliphatic rings. The molecule has 8 nitrogen and oxygen atoms in total. The summed E-state index contributed by atoms with van der Waals surface area (Å²) in [7, 11) is 0. The summed E-state index contributed by atoms with van der Waals surface area (Å²) < 4.78 is 48.3. The molecule has 35 heavy (non-hydrogen) atoms. The van der Waals surface area contributed by atoms with Crippen LogP contribution in [0.15, 0.2) is 22.3 Å². The fraction of sp³-hybridized carbons (Fsp3) is 0.727. The highest BCUT2D eigenvalue weighted by atomic mass is 35.5. The first-order valence-electron chi connectivity index (χ1n) is 11.6. The number of guanidine groups is 1. The first-order chi connectivity index (χ1) is 16.4. The number of aliphatic hydroxyl groups excluding tert-OH is 1. The molecule has 0 radical (unpaired) electrons. The molecule has 198 valence electrons. The SMILES string of the molecule is CC/C=C(/Cl)C(C)(CN=C(N)Nc1cnn(C2CC2(F)F)c1Cl)C(C)C(F)CNC1COCC1O. The Kier molecular flexibility index (Phi) is 9.01. The maximum absolute atomic E-state index is 15.3. The third-order valence-corrected chi connectivity index (χ3v) is 7.73. The van der Waals surface area contributed by atoms with Crippen molar-refractivity contribution in [2.75, 3.05) is 31.6 Å². The smallest absolute Gasteiger partial charge is 0.272 e. The minimum atomic E-state index is -2.83. The Labute approximate surface area is 213 Å². The number of aliphatic imine (C=N–C) groups is 1. The number of anilines is 1. The van der Waals surface area contributed by atoms with E-state index in [1.165, 1.54) is 6.20 Å². The van der Waals surface area contributed by atoms with Crippen molar-refractivity contribution in [3.63, 3.8) is 0 Å². The summed E-state index contributed by atoms with van der Waals surface area (Å²) in [5.41, 5.74) is 5.38. The highest BCUT2D eigenvalue weighted by Crippen LogP contribution is 2.53. The number of allylic oxidation sites excluding steroid dienone is 1. The van der Waals surface area contributed by atoms with E-state index in [0.29, 0.717) is 18.1 Å². The van der Waals surface area contributed by atoms with Crippen LogP contribution in [0.5, 0.6) is 0 Å². The van der Waals surface area contributed by atoms with E-state index in [1.54, 1.807) is 6.92 Å². The van der Waals surface area contributed by atoms with Gasteiger partial charge in [-0.05, 0) is 6.42 Å². The van der Waals surface area contributed by atoms with Crippen LogP contribution in [0.3, 0.4) is 0 Å². The molecule has 0 amide bonds. The zero-order chi connectivity index (χ0) is 26.0. The van der Waals surface area contributed by atoms with Gasteiger partial charge in [-0.3, -0.25) is 4.99 Å². The quantitative estimate of drug-likeness (QED) is 0.251. The lowest BCUT2D eigenvalue weighted by Gasteiger charge is -2.36. The summed E-state index contributed by atoms with van der Waals surface area (Å²) in [6, 6.07) is -1.40. The maximum atomic E-state index is 15.3. The van der Waals surface area contributed by atoms with Gasteiger partial charge < -0.3 is 26.2 Å². The predicted molar refractivity (Wildman–Crippen MR) is 131 cm³/mol. The van der Waals surface area contributed by atoms with Crippen LogP contribution in [0, 0.1) is 11.3 Å².